The molecule has 2 aromatic heterocycles. The Morgan fingerprint density at radius 1 is 1.43 bits per heavy atom. The fourth-order valence-corrected chi connectivity index (χ4v) is 4.02. The molecule has 0 aromatic carbocycles. The lowest BCUT2D eigenvalue weighted by molar-refractivity contribution is -0.127. The molecule has 1 aliphatic heterocycles. The number of rotatable bonds is 6. The van der Waals surface area contributed by atoms with E-state index in [2.05, 4.69) is 59.3 Å². The van der Waals surface area contributed by atoms with Gasteiger partial charge in [0.2, 0.25) is 6.29 Å². The predicted molar refractivity (Wildman–Crippen MR) is 115 cm³/mol. The van der Waals surface area contributed by atoms with Gasteiger partial charge in [-0.3, -0.25) is 19.6 Å². The number of pyridine rings is 1. The number of carbonyl (C=O) groups is 2. The molecule has 1 atom stereocenters. The van der Waals surface area contributed by atoms with E-state index in [4.69, 9.17) is 5.73 Å². The topological polar surface area (TPSA) is 117 Å². The van der Waals surface area contributed by atoms with Crippen molar-refractivity contribution in [2.45, 2.75) is 33.2 Å². The van der Waals surface area contributed by atoms with Crippen molar-refractivity contribution in [3.8, 4) is 0 Å². The molecular formula is C19H28N6O2S. The number of H-pyrrole nitrogens is 1. The highest BCUT2D eigenvalue weighted by Gasteiger charge is 2.17. The van der Waals surface area contributed by atoms with Crippen LogP contribution >= 0.6 is 11.8 Å². The van der Waals surface area contributed by atoms with E-state index >= 15 is 0 Å². The molecule has 3 rings (SSSR count). The number of hydrogen-bond donors (Lipinski definition) is 3. The Hall–Kier alpha value is -2.39. The highest BCUT2D eigenvalue weighted by atomic mass is 32.2. The number of amides is 1. The van der Waals surface area contributed by atoms with Crippen LogP contribution in [0.4, 0.5) is 11.5 Å². The molecule has 28 heavy (non-hydrogen) atoms. The number of nitrogens with two attached hydrogens (primary N) is 1. The molecule has 1 unspecified atom stereocenters. The first-order chi connectivity index (χ1) is 13.3. The highest BCUT2D eigenvalue weighted by Crippen LogP contribution is 2.29. The summed E-state index contributed by atoms with van der Waals surface area (Å²) in [7, 11) is 2.23. The van der Waals surface area contributed by atoms with Crippen molar-refractivity contribution in [1.29, 1.82) is 0 Å². The number of aromatic amines is 1. The quantitative estimate of drug-likeness (QED) is 0.500. The van der Waals surface area contributed by atoms with Gasteiger partial charge in [0.15, 0.2) is 0 Å². The van der Waals surface area contributed by atoms with Crippen LogP contribution in [0.25, 0.3) is 10.9 Å². The van der Waals surface area contributed by atoms with Crippen LogP contribution in [0.5, 0.6) is 0 Å². The summed E-state index contributed by atoms with van der Waals surface area (Å²) in [5.41, 5.74) is 6.49. The number of likely N-dealkylation sites (N-methyl/N-ethyl adjacent to an activating group) is 1. The summed E-state index contributed by atoms with van der Waals surface area (Å²) in [6.45, 7) is 8.06. The van der Waals surface area contributed by atoms with Crippen molar-refractivity contribution in [1.82, 2.24) is 20.1 Å². The van der Waals surface area contributed by atoms with E-state index in [0.29, 0.717) is 28.5 Å². The van der Waals surface area contributed by atoms with Crippen molar-refractivity contribution in [2.75, 3.05) is 30.4 Å². The van der Waals surface area contributed by atoms with Crippen molar-refractivity contribution < 1.29 is 9.59 Å². The van der Waals surface area contributed by atoms with Gasteiger partial charge in [-0.1, -0.05) is 19.9 Å². The molecule has 1 aliphatic rings. The van der Waals surface area contributed by atoms with E-state index in [1.54, 1.807) is 4.91 Å². The van der Waals surface area contributed by atoms with Gasteiger partial charge in [-0.2, -0.15) is 5.10 Å². The fourth-order valence-electron chi connectivity index (χ4n) is 2.89. The fraction of sp³-hybridized carbons (Fsp3) is 0.474. The van der Waals surface area contributed by atoms with Crippen LogP contribution in [0.3, 0.4) is 0 Å². The minimum atomic E-state index is -0.752. The molecule has 0 fully saturated rings. The molecule has 152 valence electrons. The molecular weight excluding hydrogens is 376 g/mol. The normalized spacial score (nSPS) is 14.6. The third kappa shape index (κ3) is 5.80. The van der Waals surface area contributed by atoms with Crippen molar-refractivity contribution in [3.63, 3.8) is 0 Å². The lowest BCUT2D eigenvalue weighted by Crippen LogP contribution is -2.32. The van der Waals surface area contributed by atoms with Crippen molar-refractivity contribution in [2.24, 2.45) is 5.92 Å². The Kier molecular flexibility index (Phi) is 8.01. The van der Waals surface area contributed by atoms with E-state index in [-0.39, 0.29) is 6.29 Å². The summed E-state index contributed by atoms with van der Waals surface area (Å²) >= 11 is 2.03. The first kappa shape index (κ1) is 21.9. The molecule has 0 saturated carbocycles. The maximum Gasteiger partial charge on any atom is 0.288 e. The molecule has 2 aromatic rings. The Labute approximate surface area is 169 Å². The SMILES string of the molecule is CC(C)CN(C)C(C)C1=CCCS1.Nc1ncc(NC(=O)C=O)c2[nH]ncc12. The van der Waals surface area contributed by atoms with Gasteiger partial charge in [0.1, 0.15) is 5.82 Å². The summed E-state index contributed by atoms with van der Waals surface area (Å²) in [5, 5.41) is 9.38. The van der Waals surface area contributed by atoms with Crippen LogP contribution in [0.2, 0.25) is 0 Å². The average Bonchev–Trinajstić information content (AvgIpc) is 3.35. The second kappa shape index (κ2) is 10.2. The first-order valence-corrected chi connectivity index (χ1v) is 10.2. The molecule has 8 nitrogen and oxygen atoms in total. The van der Waals surface area contributed by atoms with E-state index in [0.717, 1.165) is 5.92 Å². The number of allylic oxidation sites excluding steroid dienone is 1. The summed E-state index contributed by atoms with van der Waals surface area (Å²) in [4.78, 5) is 28.9. The van der Waals surface area contributed by atoms with Gasteiger partial charge in [0.25, 0.3) is 5.91 Å². The third-order valence-corrected chi connectivity index (χ3v) is 5.62. The molecule has 3 heterocycles. The van der Waals surface area contributed by atoms with Crippen LogP contribution < -0.4 is 11.1 Å². The number of nitrogens with one attached hydrogen (secondary N) is 2. The van der Waals surface area contributed by atoms with E-state index in [1.165, 1.54) is 31.1 Å². The van der Waals surface area contributed by atoms with E-state index in [9.17, 15) is 9.59 Å². The molecule has 9 heteroatoms. The zero-order valence-electron chi connectivity index (χ0n) is 16.7. The molecule has 0 bridgehead atoms. The van der Waals surface area contributed by atoms with Gasteiger partial charge in [0.05, 0.1) is 29.0 Å². The number of hydrogen-bond acceptors (Lipinski definition) is 7. The van der Waals surface area contributed by atoms with Crippen LogP contribution in [0.15, 0.2) is 23.4 Å². The lowest BCUT2D eigenvalue weighted by Gasteiger charge is -2.26. The number of anilines is 2. The van der Waals surface area contributed by atoms with E-state index < -0.39 is 5.91 Å². The van der Waals surface area contributed by atoms with E-state index in [1.807, 2.05) is 11.8 Å². The standard InChI is InChI=1S/C11H21NS.C8H7N5O2/c1-9(2)8-12(4)10(3)11-6-5-7-13-11;9-8-4-1-11-13-7(4)5(2-10-8)12-6(15)3-14/h6,9-10H,5,7-8H2,1-4H3;1-3H,(H2,9,10)(H,11,13)(H,12,15). The van der Waals surface area contributed by atoms with Gasteiger partial charge >= 0.3 is 0 Å². The summed E-state index contributed by atoms with van der Waals surface area (Å²) in [6, 6.07) is 0.620. The second-order valence-electron chi connectivity index (χ2n) is 7.08. The number of aromatic nitrogens is 3. The van der Waals surface area contributed by atoms with Crippen LogP contribution in [-0.4, -0.2) is 57.7 Å². The minimum absolute atomic E-state index is 0.179. The maximum absolute atomic E-state index is 10.9. The number of fused-ring (bicyclic) bond motifs is 1. The molecule has 0 saturated heterocycles. The van der Waals surface area contributed by atoms with Gasteiger partial charge in [0, 0.05) is 18.3 Å². The molecule has 4 N–H and O–H groups in total. The Morgan fingerprint density at radius 3 is 2.79 bits per heavy atom. The Balaban J connectivity index is 0.000000203. The average molecular weight is 405 g/mol. The predicted octanol–water partition coefficient (Wildman–Crippen LogP) is 2.66. The van der Waals surface area contributed by atoms with Gasteiger partial charge in [-0.15, -0.1) is 11.8 Å². The van der Waals surface area contributed by atoms with Crippen molar-refractivity contribution >= 4 is 46.4 Å². The zero-order valence-corrected chi connectivity index (χ0v) is 17.5. The Morgan fingerprint density at radius 2 is 2.18 bits per heavy atom. The number of aldehydes is 1. The third-order valence-electron chi connectivity index (χ3n) is 4.34. The van der Waals surface area contributed by atoms with Crippen molar-refractivity contribution in [3.05, 3.63) is 23.4 Å². The minimum Gasteiger partial charge on any atom is -0.383 e. The maximum atomic E-state index is 10.9. The number of nitrogen functional groups attached to an aromatic ring is 1. The van der Waals surface area contributed by atoms with Gasteiger partial charge in [-0.25, -0.2) is 4.98 Å². The number of thioether (sulfide) groups is 1. The summed E-state index contributed by atoms with van der Waals surface area (Å²) in [6.07, 6.45) is 6.69. The highest BCUT2D eigenvalue weighted by molar-refractivity contribution is 8.03. The molecule has 1 amide bonds. The first-order valence-electron chi connectivity index (χ1n) is 9.20. The van der Waals surface area contributed by atoms with Gasteiger partial charge in [-0.05, 0) is 31.2 Å². The molecule has 0 spiro atoms. The van der Waals surface area contributed by atoms with Crippen LogP contribution in [0, 0.1) is 5.92 Å². The van der Waals surface area contributed by atoms with Crippen LogP contribution in [-0.2, 0) is 9.59 Å². The van der Waals surface area contributed by atoms with Gasteiger partial charge < -0.3 is 11.1 Å². The van der Waals surface area contributed by atoms with Crippen LogP contribution in [0.1, 0.15) is 27.2 Å². The smallest absolute Gasteiger partial charge is 0.288 e. The lowest BCUT2D eigenvalue weighted by atomic mass is 10.1. The number of nitrogens with zero attached hydrogens (tertiary/aromatic N) is 3. The second-order valence-corrected chi connectivity index (χ2v) is 8.24. The monoisotopic (exact) mass is 404 g/mol. The summed E-state index contributed by atoms with van der Waals surface area (Å²) in [5.74, 6) is 1.61. The zero-order chi connectivity index (χ0) is 20.7. The largest absolute Gasteiger partial charge is 0.383 e. The molecule has 0 radical (unpaired) electrons. The molecule has 0 aliphatic carbocycles. The number of carbonyl (C=O) groups excluding carboxylic acids is 2. The summed E-state index contributed by atoms with van der Waals surface area (Å²) < 4.78 is 0. The Bertz CT molecular complexity index is 848.